The van der Waals surface area contributed by atoms with E-state index in [1.54, 1.807) is 0 Å². The number of hydrogen-bond acceptors (Lipinski definition) is 6. The fourth-order valence-electron chi connectivity index (χ4n) is 5.48. The minimum atomic E-state index is -3.95. The van der Waals surface area contributed by atoms with E-state index < -0.39 is 21.7 Å². The molecule has 2 N–H and O–H groups in total. The van der Waals surface area contributed by atoms with Crippen LogP contribution in [0.3, 0.4) is 0 Å². The van der Waals surface area contributed by atoms with Crippen molar-refractivity contribution in [3.05, 3.63) is 58.7 Å². The second-order valence-corrected chi connectivity index (χ2v) is 12.4. The van der Waals surface area contributed by atoms with Crippen LogP contribution in [0.5, 0.6) is 0 Å². The van der Waals surface area contributed by atoms with Gasteiger partial charge in [-0.25, -0.2) is 9.36 Å². The van der Waals surface area contributed by atoms with E-state index in [0.29, 0.717) is 43.5 Å². The van der Waals surface area contributed by atoms with E-state index in [2.05, 4.69) is 31.7 Å². The number of aliphatic carboxylic acids is 1. The quantitative estimate of drug-likeness (QED) is 0.167. The van der Waals surface area contributed by atoms with Gasteiger partial charge < -0.3 is 14.4 Å². The van der Waals surface area contributed by atoms with Gasteiger partial charge in [-0.3, -0.25) is 9.35 Å². The summed E-state index contributed by atoms with van der Waals surface area (Å²) in [6.45, 7) is 7.70. The van der Waals surface area contributed by atoms with Crippen LogP contribution in [-0.4, -0.2) is 41.9 Å². The molecule has 0 aliphatic carbocycles. The van der Waals surface area contributed by atoms with Crippen LogP contribution >= 0.6 is 0 Å². The van der Waals surface area contributed by atoms with E-state index >= 15 is 0 Å². The molecule has 1 aliphatic heterocycles. The maximum atomic E-state index is 13.0. The van der Waals surface area contributed by atoms with Gasteiger partial charge in [-0.2, -0.15) is 8.42 Å². The number of fused-ring (bicyclic) bond motifs is 2. The molecule has 0 fully saturated rings. The van der Waals surface area contributed by atoms with Crippen molar-refractivity contribution in [3.63, 3.8) is 0 Å². The van der Waals surface area contributed by atoms with Gasteiger partial charge in [-0.15, -0.1) is 0 Å². The molecular weight excluding hydrogens is 508 g/mol. The second-order valence-electron chi connectivity index (χ2n) is 10.8. The monoisotopic (exact) mass is 543 g/mol. The first-order valence-electron chi connectivity index (χ1n) is 12.9. The van der Waals surface area contributed by atoms with Gasteiger partial charge in [0, 0.05) is 59.8 Å². The molecule has 0 saturated carbocycles. The van der Waals surface area contributed by atoms with Crippen LogP contribution in [0.2, 0.25) is 0 Å². The average Bonchev–Trinajstić information content (AvgIpc) is 2.82. The summed E-state index contributed by atoms with van der Waals surface area (Å²) in [5.41, 5.74) is 3.21. The van der Waals surface area contributed by atoms with Crippen LogP contribution in [0.4, 0.5) is 5.69 Å². The maximum Gasteiger partial charge on any atom is 0.344 e. The molecule has 2 aromatic heterocycles. The Kier molecular flexibility index (Phi) is 7.94. The lowest BCUT2D eigenvalue weighted by Crippen LogP contribution is -2.48. The third kappa shape index (κ3) is 6.42. The molecule has 0 amide bonds. The molecule has 1 unspecified atom stereocenters. The molecular formula is C28H35N2O7S+. The number of carboxylic acid groups (broad SMARTS) is 1. The highest BCUT2D eigenvalue weighted by atomic mass is 32.2. The number of aromatic nitrogens is 1. The van der Waals surface area contributed by atoms with Gasteiger partial charge in [-0.05, 0) is 56.7 Å². The number of anilines is 1. The van der Waals surface area contributed by atoms with Gasteiger partial charge in [-0.1, -0.05) is 6.92 Å². The van der Waals surface area contributed by atoms with Crippen molar-refractivity contribution in [2.45, 2.75) is 70.9 Å². The summed E-state index contributed by atoms with van der Waals surface area (Å²) >= 11 is 0. The van der Waals surface area contributed by atoms with E-state index in [1.165, 1.54) is 0 Å². The zero-order chi connectivity index (χ0) is 27.7. The van der Waals surface area contributed by atoms with Crippen LogP contribution in [0, 0.1) is 0 Å². The lowest BCUT2D eigenvalue weighted by atomic mass is 9.79. The molecule has 3 aromatic rings. The van der Waals surface area contributed by atoms with E-state index in [-0.39, 0.29) is 23.6 Å². The molecule has 1 atom stereocenters. The highest BCUT2D eigenvalue weighted by Crippen LogP contribution is 2.45. The summed E-state index contributed by atoms with van der Waals surface area (Å²) in [7, 11) is -3.95. The minimum Gasteiger partial charge on any atom is -0.481 e. The molecule has 1 aromatic carbocycles. The Bertz CT molecular complexity index is 1490. The van der Waals surface area contributed by atoms with Gasteiger partial charge in [0.25, 0.3) is 10.1 Å². The van der Waals surface area contributed by atoms with Crippen molar-refractivity contribution in [1.82, 2.24) is 0 Å². The molecule has 0 saturated heterocycles. The van der Waals surface area contributed by atoms with Gasteiger partial charge in [0.15, 0.2) is 12.4 Å². The Morgan fingerprint density at radius 2 is 1.87 bits per heavy atom. The summed E-state index contributed by atoms with van der Waals surface area (Å²) < 4.78 is 38.3. The van der Waals surface area contributed by atoms with Crippen LogP contribution in [-0.2, 0) is 21.5 Å². The SMILES string of the molecule is CC1CC(C)(C)N(CCCC(=O)O)c2cc3oc(=O)c(-c4cc[n+](CCCCS(=O)(=O)O)cc4)cc3cc21. The van der Waals surface area contributed by atoms with Crippen molar-refractivity contribution >= 4 is 32.7 Å². The number of carboxylic acids is 1. The summed E-state index contributed by atoms with van der Waals surface area (Å²) in [4.78, 5) is 26.3. The Labute approximate surface area is 222 Å². The molecule has 3 heterocycles. The maximum absolute atomic E-state index is 13.0. The largest absolute Gasteiger partial charge is 0.481 e. The summed E-state index contributed by atoms with van der Waals surface area (Å²) in [6.07, 6.45) is 6.17. The summed E-state index contributed by atoms with van der Waals surface area (Å²) in [5.74, 6) is -0.787. The lowest BCUT2D eigenvalue weighted by Gasteiger charge is -2.47. The Morgan fingerprint density at radius 3 is 2.53 bits per heavy atom. The molecule has 9 nitrogen and oxygen atoms in total. The smallest absolute Gasteiger partial charge is 0.344 e. The first-order chi connectivity index (χ1) is 17.8. The average molecular weight is 544 g/mol. The number of benzene rings is 1. The van der Waals surface area contributed by atoms with Crippen molar-refractivity contribution in [1.29, 1.82) is 0 Å². The van der Waals surface area contributed by atoms with Crippen LogP contribution in [0.15, 0.2) is 51.9 Å². The fourth-order valence-corrected chi connectivity index (χ4v) is 6.04. The number of pyridine rings is 1. The predicted octanol–water partition coefficient (Wildman–Crippen LogP) is 4.37. The van der Waals surface area contributed by atoms with Crippen molar-refractivity contribution < 1.29 is 31.9 Å². The van der Waals surface area contributed by atoms with Gasteiger partial charge >= 0.3 is 11.6 Å². The highest BCUT2D eigenvalue weighted by Gasteiger charge is 2.36. The fraction of sp³-hybridized carbons (Fsp3) is 0.464. The van der Waals surface area contributed by atoms with E-state index in [4.69, 9.17) is 14.1 Å². The number of carbonyl (C=O) groups is 1. The Hall–Kier alpha value is -3.24. The normalized spacial score (nSPS) is 16.9. The van der Waals surface area contributed by atoms with Crippen LogP contribution < -0.4 is 15.1 Å². The van der Waals surface area contributed by atoms with Crippen molar-refractivity contribution in [2.24, 2.45) is 0 Å². The van der Waals surface area contributed by atoms with Crippen molar-refractivity contribution in [3.8, 4) is 11.1 Å². The van der Waals surface area contributed by atoms with E-state index in [0.717, 1.165) is 28.6 Å². The van der Waals surface area contributed by atoms with Crippen LogP contribution in [0.1, 0.15) is 64.4 Å². The van der Waals surface area contributed by atoms with Gasteiger partial charge in [0.05, 0.1) is 11.3 Å². The van der Waals surface area contributed by atoms with Gasteiger partial charge in [0.1, 0.15) is 12.1 Å². The lowest BCUT2D eigenvalue weighted by molar-refractivity contribution is -0.697. The van der Waals surface area contributed by atoms with E-state index in [1.807, 2.05) is 41.2 Å². The molecule has 10 heteroatoms. The summed E-state index contributed by atoms with van der Waals surface area (Å²) in [6, 6.07) is 9.51. The first kappa shape index (κ1) is 27.8. The molecule has 204 valence electrons. The third-order valence-corrected chi connectivity index (χ3v) is 8.09. The van der Waals surface area contributed by atoms with E-state index in [9.17, 15) is 18.0 Å². The molecule has 0 radical (unpaired) electrons. The van der Waals surface area contributed by atoms with Crippen LogP contribution in [0.25, 0.3) is 22.1 Å². The standard InChI is InChI=1S/C28H34N2O7S/c1-19-18-28(2,3)30(11-6-7-26(31)32)24-17-25-21(15-22(19)24)16-23(27(33)37-25)20-8-12-29(13-9-20)10-4-5-14-38(34,35)36/h8-9,12-13,15-17,19H,4-7,10-11,14,18H2,1-3H3,(H-,31,32,34,35,36)/p+1. The van der Waals surface area contributed by atoms with Gasteiger partial charge in [0.2, 0.25) is 0 Å². The molecule has 0 spiro atoms. The number of rotatable bonds is 10. The number of aryl methyl sites for hydroxylation is 1. The Balaban J connectivity index is 1.61. The molecule has 38 heavy (non-hydrogen) atoms. The van der Waals surface area contributed by atoms with Crippen molar-refractivity contribution in [2.75, 3.05) is 17.2 Å². The number of hydrogen-bond donors (Lipinski definition) is 2. The first-order valence-corrected chi connectivity index (χ1v) is 14.5. The number of nitrogens with zero attached hydrogens (tertiary/aromatic N) is 2. The minimum absolute atomic E-state index is 0.102. The second kappa shape index (κ2) is 10.9. The Morgan fingerprint density at radius 1 is 1.16 bits per heavy atom. The molecule has 0 bridgehead atoms. The predicted molar refractivity (Wildman–Crippen MR) is 145 cm³/mol. The highest BCUT2D eigenvalue weighted by molar-refractivity contribution is 7.85. The zero-order valence-electron chi connectivity index (χ0n) is 22.0. The number of unbranched alkanes of at least 4 members (excludes halogenated alkanes) is 1. The molecule has 1 aliphatic rings. The zero-order valence-corrected chi connectivity index (χ0v) is 22.8. The topological polar surface area (TPSA) is 129 Å². The molecule has 4 rings (SSSR count). The summed E-state index contributed by atoms with van der Waals surface area (Å²) in [5, 5.41) is 9.93. The third-order valence-electron chi connectivity index (χ3n) is 7.28.